The third kappa shape index (κ3) is 4.90. The Labute approximate surface area is 250 Å². The molecule has 2 aromatic carbocycles. The van der Waals surface area contributed by atoms with E-state index < -0.39 is 82.8 Å². The maximum atomic E-state index is 13.6. The van der Waals surface area contributed by atoms with Crippen LogP contribution < -0.4 is 0 Å². The number of fused-ring (bicyclic) bond motifs is 1. The molecule has 2 bridgehead atoms. The molecule has 0 aromatic heterocycles. The number of rotatable bonds is 6. The van der Waals surface area contributed by atoms with E-state index in [2.05, 4.69) is 0 Å². The van der Waals surface area contributed by atoms with Crippen LogP contribution in [0.1, 0.15) is 68.7 Å². The van der Waals surface area contributed by atoms with E-state index in [0.717, 1.165) is 0 Å². The number of ether oxygens (including phenoxy) is 5. The minimum absolute atomic E-state index is 0.177. The summed E-state index contributed by atoms with van der Waals surface area (Å²) in [5, 5.41) is 11.8. The van der Waals surface area contributed by atoms with Crippen LogP contribution in [-0.2, 0) is 33.3 Å². The van der Waals surface area contributed by atoms with Crippen molar-refractivity contribution < 1.29 is 48.0 Å². The van der Waals surface area contributed by atoms with E-state index in [-0.39, 0.29) is 12.0 Å². The number of aliphatic hydroxyl groups excluding tert-OH is 1. The number of aliphatic hydroxyl groups is 1. The first-order valence-electron chi connectivity index (χ1n) is 14.5. The monoisotopic (exact) mass is 594 g/mol. The van der Waals surface area contributed by atoms with Crippen LogP contribution in [0, 0.1) is 17.3 Å². The molecule has 2 aromatic rings. The van der Waals surface area contributed by atoms with Crippen molar-refractivity contribution in [1.82, 2.24) is 0 Å². The summed E-state index contributed by atoms with van der Waals surface area (Å²) in [5.74, 6) is -3.89. The minimum atomic E-state index is -1.52. The Balaban J connectivity index is 1.71. The summed E-state index contributed by atoms with van der Waals surface area (Å²) in [5.41, 5.74) is -3.38. The first-order valence-corrected chi connectivity index (χ1v) is 14.5. The summed E-state index contributed by atoms with van der Waals surface area (Å²) in [6, 6.07) is 16.7. The fourth-order valence-corrected chi connectivity index (χ4v) is 7.65. The summed E-state index contributed by atoms with van der Waals surface area (Å²) in [7, 11) is 0. The highest BCUT2D eigenvalue weighted by Crippen LogP contribution is 2.68. The highest BCUT2D eigenvalue weighted by Gasteiger charge is 2.82. The molecule has 230 valence electrons. The van der Waals surface area contributed by atoms with Crippen LogP contribution in [0.2, 0.25) is 0 Å². The molecule has 0 unspecified atom stereocenters. The van der Waals surface area contributed by atoms with Gasteiger partial charge in [-0.25, -0.2) is 9.59 Å². The van der Waals surface area contributed by atoms with Crippen molar-refractivity contribution in [1.29, 1.82) is 0 Å². The van der Waals surface area contributed by atoms with Crippen molar-refractivity contribution in [2.24, 2.45) is 17.3 Å². The molecule has 1 spiro atoms. The first-order chi connectivity index (χ1) is 20.2. The molecule has 5 rings (SSSR count). The number of carbonyl (C=O) groups is 4. The SMILES string of the molecule is CC(=O)O[C@@H]1[C@H](O)[C@@H](C)[C@]23OC(C)(C)[C@H](C[C@H](OC(=O)c4ccccc4)[C@@]2(C)[C@H]1OC(=O)c1ccccc1)[C@H]3OC(C)=O. The smallest absolute Gasteiger partial charge is 0.338 e. The van der Waals surface area contributed by atoms with Crippen molar-refractivity contribution in [2.45, 2.75) is 89.7 Å². The van der Waals surface area contributed by atoms with Crippen LogP contribution >= 0.6 is 0 Å². The second-order valence-corrected chi connectivity index (χ2v) is 12.5. The van der Waals surface area contributed by atoms with Gasteiger partial charge in [0.2, 0.25) is 0 Å². The lowest BCUT2D eigenvalue weighted by Crippen LogP contribution is -2.79. The van der Waals surface area contributed by atoms with Crippen molar-refractivity contribution in [3.8, 4) is 0 Å². The number of carbonyl (C=O) groups excluding carboxylic acids is 4. The fraction of sp³-hybridized carbons (Fsp3) is 0.515. The molecular weight excluding hydrogens is 556 g/mol. The zero-order valence-electron chi connectivity index (χ0n) is 25.1. The van der Waals surface area contributed by atoms with E-state index >= 15 is 0 Å². The van der Waals surface area contributed by atoms with Crippen molar-refractivity contribution in [3.05, 3.63) is 71.8 Å². The summed E-state index contributed by atoms with van der Waals surface area (Å²) in [6.45, 7) is 9.64. The van der Waals surface area contributed by atoms with Gasteiger partial charge in [0.25, 0.3) is 0 Å². The van der Waals surface area contributed by atoms with E-state index in [9.17, 15) is 24.3 Å². The van der Waals surface area contributed by atoms with Gasteiger partial charge in [-0.05, 0) is 51.5 Å². The van der Waals surface area contributed by atoms with Gasteiger partial charge in [-0.15, -0.1) is 0 Å². The molecule has 1 saturated heterocycles. The molecule has 1 aliphatic heterocycles. The Morgan fingerprint density at radius 2 is 1.28 bits per heavy atom. The zero-order chi connectivity index (χ0) is 31.3. The van der Waals surface area contributed by atoms with Crippen molar-refractivity contribution in [2.75, 3.05) is 0 Å². The van der Waals surface area contributed by atoms with Crippen molar-refractivity contribution in [3.63, 3.8) is 0 Å². The largest absolute Gasteiger partial charge is 0.459 e. The highest BCUT2D eigenvalue weighted by molar-refractivity contribution is 5.90. The van der Waals surface area contributed by atoms with E-state index in [1.54, 1.807) is 74.5 Å². The van der Waals surface area contributed by atoms with E-state index in [0.29, 0.717) is 5.56 Å². The maximum absolute atomic E-state index is 13.6. The molecule has 2 aliphatic carbocycles. The second kappa shape index (κ2) is 11.1. The molecule has 1 heterocycles. The Morgan fingerprint density at radius 3 is 1.79 bits per heavy atom. The van der Waals surface area contributed by atoms with Gasteiger partial charge in [-0.2, -0.15) is 0 Å². The standard InChI is InChI=1S/C33H38O10/c1-18-25(36)26(39-19(2)34)28(42-30(38)22-15-11-8-12-16-22)32(6)24(41-29(37)21-13-9-7-10-14-21)17-23-27(40-20(3)35)33(18,32)43-31(23,4)5/h7-16,18,23-28,36H,17H2,1-6H3/t18-,23-,24+,25-,26-,27-,28+,32+,33-/m1/s1. The average molecular weight is 595 g/mol. The Morgan fingerprint density at radius 1 is 0.767 bits per heavy atom. The van der Waals surface area contributed by atoms with E-state index in [1.807, 2.05) is 13.8 Å². The summed E-state index contributed by atoms with van der Waals surface area (Å²) >= 11 is 0. The topological polar surface area (TPSA) is 135 Å². The fourth-order valence-electron chi connectivity index (χ4n) is 7.65. The second-order valence-electron chi connectivity index (χ2n) is 12.5. The van der Waals surface area contributed by atoms with Gasteiger partial charge in [0.15, 0.2) is 12.2 Å². The molecular formula is C33H38O10. The predicted octanol–water partition coefficient (Wildman–Crippen LogP) is 3.89. The van der Waals surface area contributed by atoms with Crippen LogP contribution in [0.3, 0.4) is 0 Å². The summed E-state index contributed by atoms with van der Waals surface area (Å²) < 4.78 is 31.0. The lowest BCUT2D eigenvalue weighted by atomic mass is 9.47. The maximum Gasteiger partial charge on any atom is 0.338 e. The molecule has 0 radical (unpaired) electrons. The minimum Gasteiger partial charge on any atom is -0.459 e. The molecule has 0 amide bonds. The third-order valence-electron chi connectivity index (χ3n) is 9.60. The molecule has 2 saturated carbocycles. The van der Waals surface area contributed by atoms with Crippen LogP contribution in [-0.4, -0.2) is 70.7 Å². The highest BCUT2D eigenvalue weighted by atomic mass is 16.6. The lowest BCUT2D eigenvalue weighted by Gasteiger charge is -2.63. The van der Waals surface area contributed by atoms with Crippen LogP contribution in [0.4, 0.5) is 0 Å². The molecule has 10 heteroatoms. The predicted molar refractivity (Wildman–Crippen MR) is 152 cm³/mol. The van der Waals surface area contributed by atoms with E-state index in [1.165, 1.54) is 13.8 Å². The van der Waals surface area contributed by atoms with Crippen molar-refractivity contribution >= 4 is 23.9 Å². The van der Waals surface area contributed by atoms with Gasteiger partial charge in [-0.3, -0.25) is 9.59 Å². The van der Waals surface area contributed by atoms with Crippen LogP contribution in [0.25, 0.3) is 0 Å². The molecule has 9 atom stereocenters. The van der Waals surface area contributed by atoms with Gasteiger partial charge >= 0.3 is 23.9 Å². The normalized spacial score (nSPS) is 35.7. The first kappa shape index (κ1) is 30.7. The Hall–Kier alpha value is -3.76. The van der Waals surface area contributed by atoms with Gasteiger partial charge in [0, 0.05) is 25.7 Å². The average Bonchev–Trinajstić information content (AvgIpc) is 3.14. The molecule has 3 fully saturated rings. The van der Waals surface area contributed by atoms with Crippen LogP contribution in [0.5, 0.6) is 0 Å². The van der Waals surface area contributed by atoms with E-state index in [4.69, 9.17) is 23.7 Å². The van der Waals surface area contributed by atoms with Gasteiger partial charge in [-0.1, -0.05) is 43.3 Å². The molecule has 43 heavy (non-hydrogen) atoms. The Kier molecular flexibility index (Phi) is 7.89. The third-order valence-corrected chi connectivity index (χ3v) is 9.60. The quantitative estimate of drug-likeness (QED) is 0.388. The molecule has 1 N–H and O–H groups in total. The summed E-state index contributed by atoms with van der Waals surface area (Å²) in [4.78, 5) is 52.1. The zero-order valence-corrected chi connectivity index (χ0v) is 25.1. The Bertz CT molecular complexity index is 1390. The van der Waals surface area contributed by atoms with Gasteiger partial charge in [0.1, 0.15) is 23.9 Å². The number of benzene rings is 2. The molecule has 10 nitrogen and oxygen atoms in total. The summed E-state index contributed by atoms with van der Waals surface area (Å²) in [6.07, 6.45) is -5.83. The molecule has 3 aliphatic rings. The number of hydrogen-bond acceptors (Lipinski definition) is 10. The lowest BCUT2D eigenvalue weighted by molar-refractivity contribution is -0.322. The number of hydrogen-bond donors (Lipinski definition) is 1. The van der Waals surface area contributed by atoms with Gasteiger partial charge < -0.3 is 28.8 Å². The van der Waals surface area contributed by atoms with Gasteiger partial charge in [0.05, 0.1) is 22.1 Å². The number of esters is 4. The van der Waals surface area contributed by atoms with Crippen LogP contribution in [0.15, 0.2) is 60.7 Å².